The Balaban J connectivity index is 1.73. The maximum atomic E-state index is 12.2. The number of carbonyl (C=O) groups is 1. The molecule has 21 heavy (non-hydrogen) atoms. The first-order chi connectivity index (χ1) is 10.2. The third-order valence-corrected chi connectivity index (χ3v) is 3.82. The molecule has 2 aromatic rings. The molecular weight excluding hydrogens is 262 g/mol. The maximum absolute atomic E-state index is 12.2. The standard InChI is InChI=1S/C17H19N3O/c1-12-15(17(21)19-11-13-9-18-10-13)7-8-16(20-12)14-5-3-2-4-6-14/h2-8,13,18H,9-11H2,1H3,(H,19,21). The Hall–Kier alpha value is -2.20. The van der Waals surface area contributed by atoms with Crippen molar-refractivity contribution < 1.29 is 4.79 Å². The van der Waals surface area contributed by atoms with Crippen LogP contribution in [0.5, 0.6) is 0 Å². The molecule has 4 heteroatoms. The minimum atomic E-state index is -0.0356. The van der Waals surface area contributed by atoms with Gasteiger partial charge in [-0.1, -0.05) is 30.3 Å². The summed E-state index contributed by atoms with van der Waals surface area (Å²) in [6.45, 7) is 4.59. The zero-order chi connectivity index (χ0) is 14.7. The highest BCUT2D eigenvalue weighted by molar-refractivity contribution is 5.95. The van der Waals surface area contributed by atoms with Crippen LogP contribution < -0.4 is 10.6 Å². The number of benzene rings is 1. The number of amides is 1. The number of rotatable bonds is 4. The van der Waals surface area contributed by atoms with Crippen LogP contribution in [0.2, 0.25) is 0 Å². The van der Waals surface area contributed by atoms with E-state index in [1.807, 2.05) is 49.4 Å². The predicted molar refractivity (Wildman–Crippen MR) is 83.1 cm³/mol. The van der Waals surface area contributed by atoms with E-state index in [1.165, 1.54) is 0 Å². The van der Waals surface area contributed by atoms with Crippen molar-refractivity contribution in [3.8, 4) is 11.3 Å². The number of carbonyl (C=O) groups excluding carboxylic acids is 1. The van der Waals surface area contributed by atoms with Crippen LogP contribution in [0.25, 0.3) is 11.3 Å². The lowest BCUT2D eigenvalue weighted by atomic mass is 10.0. The van der Waals surface area contributed by atoms with E-state index >= 15 is 0 Å². The lowest BCUT2D eigenvalue weighted by molar-refractivity contribution is 0.0941. The largest absolute Gasteiger partial charge is 0.352 e. The smallest absolute Gasteiger partial charge is 0.253 e. The molecule has 1 aliphatic rings. The molecule has 1 aromatic heterocycles. The van der Waals surface area contributed by atoms with Gasteiger partial charge in [0.25, 0.3) is 5.91 Å². The Morgan fingerprint density at radius 2 is 2.00 bits per heavy atom. The van der Waals surface area contributed by atoms with Crippen molar-refractivity contribution in [3.63, 3.8) is 0 Å². The van der Waals surface area contributed by atoms with E-state index in [2.05, 4.69) is 15.6 Å². The summed E-state index contributed by atoms with van der Waals surface area (Å²) in [5.74, 6) is 0.525. The molecule has 1 aliphatic heterocycles. The molecule has 0 spiro atoms. The van der Waals surface area contributed by atoms with Gasteiger partial charge in [0.15, 0.2) is 0 Å². The average molecular weight is 281 g/mol. The molecule has 0 unspecified atom stereocenters. The lowest BCUT2D eigenvalue weighted by Crippen LogP contribution is -2.48. The third-order valence-electron chi connectivity index (χ3n) is 3.82. The average Bonchev–Trinajstić information content (AvgIpc) is 2.46. The summed E-state index contributed by atoms with van der Waals surface area (Å²) in [5.41, 5.74) is 3.38. The monoisotopic (exact) mass is 281 g/mol. The summed E-state index contributed by atoms with van der Waals surface area (Å²) in [4.78, 5) is 16.7. The van der Waals surface area contributed by atoms with Gasteiger partial charge >= 0.3 is 0 Å². The van der Waals surface area contributed by atoms with Gasteiger partial charge in [0.2, 0.25) is 0 Å². The van der Waals surface area contributed by atoms with E-state index in [4.69, 9.17) is 0 Å². The molecule has 1 saturated heterocycles. The van der Waals surface area contributed by atoms with E-state index in [-0.39, 0.29) is 5.91 Å². The van der Waals surface area contributed by atoms with Crippen molar-refractivity contribution in [2.45, 2.75) is 6.92 Å². The summed E-state index contributed by atoms with van der Waals surface area (Å²) < 4.78 is 0. The van der Waals surface area contributed by atoms with Crippen LogP contribution >= 0.6 is 0 Å². The minimum absolute atomic E-state index is 0.0356. The normalized spacial score (nSPS) is 14.5. The summed E-state index contributed by atoms with van der Waals surface area (Å²) in [6.07, 6.45) is 0. The predicted octanol–water partition coefficient (Wildman–Crippen LogP) is 2.01. The molecule has 1 aromatic carbocycles. The molecule has 108 valence electrons. The van der Waals surface area contributed by atoms with E-state index in [0.29, 0.717) is 11.5 Å². The molecule has 0 saturated carbocycles. The molecule has 0 bridgehead atoms. The number of aromatic nitrogens is 1. The number of nitrogens with zero attached hydrogens (tertiary/aromatic N) is 1. The highest BCUT2D eigenvalue weighted by Crippen LogP contribution is 2.18. The molecule has 4 nitrogen and oxygen atoms in total. The molecule has 0 radical (unpaired) electrons. The number of pyridine rings is 1. The van der Waals surface area contributed by atoms with Crippen molar-refractivity contribution in [1.29, 1.82) is 0 Å². The van der Waals surface area contributed by atoms with Crippen molar-refractivity contribution in [3.05, 3.63) is 53.7 Å². The van der Waals surface area contributed by atoms with Gasteiger partial charge in [-0.2, -0.15) is 0 Å². The van der Waals surface area contributed by atoms with E-state index in [0.717, 1.165) is 36.6 Å². The second-order valence-corrected chi connectivity index (χ2v) is 5.43. The fourth-order valence-corrected chi connectivity index (χ4v) is 2.40. The van der Waals surface area contributed by atoms with Gasteiger partial charge in [0, 0.05) is 31.1 Å². The van der Waals surface area contributed by atoms with Gasteiger partial charge in [0.1, 0.15) is 0 Å². The summed E-state index contributed by atoms with van der Waals surface area (Å²) >= 11 is 0. The zero-order valence-electron chi connectivity index (χ0n) is 12.1. The minimum Gasteiger partial charge on any atom is -0.352 e. The highest BCUT2D eigenvalue weighted by Gasteiger charge is 2.18. The zero-order valence-corrected chi connectivity index (χ0v) is 12.1. The van der Waals surface area contributed by atoms with E-state index in [1.54, 1.807) is 0 Å². The van der Waals surface area contributed by atoms with Crippen LogP contribution in [-0.2, 0) is 0 Å². The first-order valence-electron chi connectivity index (χ1n) is 7.26. The number of hydrogen-bond acceptors (Lipinski definition) is 3. The first kappa shape index (κ1) is 13.8. The molecule has 3 rings (SSSR count). The Bertz CT molecular complexity index is 636. The Morgan fingerprint density at radius 3 is 2.62 bits per heavy atom. The van der Waals surface area contributed by atoms with Gasteiger partial charge in [-0.05, 0) is 19.1 Å². The lowest BCUT2D eigenvalue weighted by Gasteiger charge is -2.27. The van der Waals surface area contributed by atoms with Gasteiger partial charge < -0.3 is 10.6 Å². The summed E-state index contributed by atoms with van der Waals surface area (Å²) in [5, 5.41) is 6.18. The number of aryl methyl sites for hydroxylation is 1. The SMILES string of the molecule is Cc1nc(-c2ccccc2)ccc1C(=O)NCC1CNC1. The highest BCUT2D eigenvalue weighted by atomic mass is 16.1. The maximum Gasteiger partial charge on any atom is 0.253 e. The van der Waals surface area contributed by atoms with Crippen molar-refractivity contribution >= 4 is 5.91 Å². The van der Waals surface area contributed by atoms with Crippen molar-refractivity contribution in [2.75, 3.05) is 19.6 Å². The number of nitrogens with one attached hydrogen (secondary N) is 2. The van der Waals surface area contributed by atoms with Crippen LogP contribution in [0.3, 0.4) is 0 Å². The molecule has 0 aliphatic carbocycles. The van der Waals surface area contributed by atoms with Crippen LogP contribution in [0.4, 0.5) is 0 Å². The van der Waals surface area contributed by atoms with Gasteiger partial charge in [-0.15, -0.1) is 0 Å². The van der Waals surface area contributed by atoms with Crippen LogP contribution in [0.15, 0.2) is 42.5 Å². The fourth-order valence-electron chi connectivity index (χ4n) is 2.40. The number of hydrogen-bond donors (Lipinski definition) is 2. The molecule has 1 fully saturated rings. The Kier molecular flexibility index (Phi) is 3.97. The molecule has 1 amide bonds. The summed E-state index contributed by atoms with van der Waals surface area (Å²) in [6, 6.07) is 13.8. The second kappa shape index (κ2) is 6.06. The Labute approximate surface area is 124 Å². The Morgan fingerprint density at radius 1 is 1.24 bits per heavy atom. The van der Waals surface area contributed by atoms with E-state index in [9.17, 15) is 4.79 Å². The van der Waals surface area contributed by atoms with Gasteiger partial charge in [-0.3, -0.25) is 9.78 Å². The molecule has 2 N–H and O–H groups in total. The third kappa shape index (κ3) is 3.11. The first-order valence-corrected chi connectivity index (χ1v) is 7.26. The topological polar surface area (TPSA) is 54.0 Å². The van der Waals surface area contributed by atoms with E-state index < -0.39 is 0 Å². The van der Waals surface area contributed by atoms with Crippen LogP contribution in [0.1, 0.15) is 16.1 Å². The molecular formula is C17H19N3O. The van der Waals surface area contributed by atoms with Gasteiger partial charge in [-0.25, -0.2) is 0 Å². The van der Waals surface area contributed by atoms with Crippen molar-refractivity contribution in [2.24, 2.45) is 5.92 Å². The molecule has 2 heterocycles. The van der Waals surface area contributed by atoms with Crippen LogP contribution in [-0.4, -0.2) is 30.5 Å². The van der Waals surface area contributed by atoms with Gasteiger partial charge in [0.05, 0.1) is 17.0 Å². The van der Waals surface area contributed by atoms with Crippen molar-refractivity contribution in [1.82, 2.24) is 15.6 Å². The summed E-state index contributed by atoms with van der Waals surface area (Å²) in [7, 11) is 0. The second-order valence-electron chi connectivity index (χ2n) is 5.43. The quantitative estimate of drug-likeness (QED) is 0.901. The van der Waals surface area contributed by atoms with Crippen LogP contribution in [0, 0.1) is 12.8 Å². The fraction of sp³-hybridized carbons (Fsp3) is 0.294. The molecule has 0 atom stereocenters.